The third-order valence-electron chi connectivity index (χ3n) is 18.6. The Hall–Kier alpha value is -12.1. The Bertz CT molecular complexity index is 5170. The van der Waals surface area contributed by atoms with E-state index in [-0.39, 0.29) is 144 Å². The topological polar surface area (TPSA) is 332 Å². The molecule has 1 amide bonds. The maximum Gasteiger partial charge on any atom is 0.406 e. The number of aliphatic hydroxyl groups excluding tert-OH is 1. The van der Waals surface area contributed by atoms with Gasteiger partial charge >= 0.3 is 19.0 Å². The fourth-order valence-corrected chi connectivity index (χ4v) is 13.6. The molecule has 10 aromatic rings. The molecule has 108 heavy (non-hydrogen) atoms. The van der Waals surface area contributed by atoms with Gasteiger partial charge in [-0.05, 0) is 95.2 Å². The van der Waals surface area contributed by atoms with Crippen molar-refractivity contribution in [2.24, 2.45) is 61.4 Å². The molecule has 564 valence electrons. The molecule has 0 fully saturated rings. The molecule has 10 heterocycles. The van der Waals surface area contributed by atoms with Gasteiger partial charge in [0, 0.05) is 180 Å². The number of rotatable bonds is 30. The van der Waals surface area contributed by atoms with Gasteiger partial charge < -0.3 is 66.1 Å². The summed E-state index contributed by atoms with van der Waals surface area (Å²) in [7, 11) is 15.6. The summed E-state index contributed by atoms with van der Waals surface area (Å²) >= 11 is 0. The number of aliphatic imine (C=N–C) groups is 1. The van der Waals surface area contributed by atoms with Gasteiger partial charge in [-0.3, -0.25) is 48.2 Å². The van der Waals surface area contributed by atoms with E-state index in [9.17, 15) is 58.1 Å². The van der Waals surface area contributed by atoms with Gasteiger partial charge in [0.05, 0.1) is 91.7 Å². The summed E-state index contributed by atoms with van der Waals surface area (Å²) in [5.41, 5.74) is 10.5. The number of imidazole rings is 2. The van der Waals surface area contributed by atoms with Crippen LogP contribution in [0.4, 0.5) is 17.1 Å². The lowest BCUT2D eigenvalue weighted by Gasteiger charge is -2.22. The zero-order chi connectivity index (χ0) is 76.1. The average molecular weight is 1470 g/mol. The molecule has 28 nitrogen and oxygen atoms in total. The molecule has 2 aromatic carbocycles. The number of nitrogens with one attached hydrogen (secondary N) is 1. The predicted octanol–water partition coefficient (Wildman–Crippen LogP) is 8.54. The van der Waals surface area contributed by atoms with Crippen molar-refractivity contribution >= 4 is 88.7 Å². The number of methoxy groups -OCH3 is 2. The van der Waals surface area contributed by atoms with Crippen molar-refractivity contribution in [2.45, 2.75) is 98.5 Å². The maximum absolute atomic E-state index is 13.7. The number of aliphatic hydroxyl groups is 1. The van der Waals surface area contributed by atoms with Crippen LogP contribution >= 0.6 is 0 Å². The first kappa shape index (κ1) is 80.0. The van der Waals surface area contributed by atoms with E-state index in [2.05, 4.69) is 20.2 Å². The highest BCUT2D eigenvalue weighted by Crippen LogP contribution is 2.39. The van der Waals surface area contributed by atoms with Crippen LogP contribution in [0.15, 0.2) is 127 Å². The number of carbonyl (C=O) groups excluding carboxylic acids is 10. The average Bonchev–Trinajstić information content (AvgIpc) is 1.61. The van der Waals surface area contributed by atoms with Gasteiger partial charge in [-0.15, -0.1) is 0 Å². The highest BCUT2D eigenvalue weighted by atomic mass is 16.5. The first-order chi connectivity index (χ1) is 50.6. The van der Waals surface area contributed by atoms with Crippen molar-refractivity contribution < 1.29 is 72.3 Å². The molecule has 12 rings (SSSR count). The van der Waals surface area contributed by atoms with Gasteiger partial charge in [0.2, 0.25) is 11.6 Å². The number of amides is 1. The molecule has 3 N–H and O–H groups in total. The van der Waals surface area contributed by atoms with Gasteiger partial charge in [-0.25, -0.2) is 19.6 Å². The predicted molar refractivity (Wildman–Crippen MR) is 405 cm³/mol. The lowest BCUT2D eigenvalue weighted by molar-refractivity contribution is -0.118. The Balaban J connectivity index is 0.000000270. The van der Waals surface area contributed by atoms with Crippen LogP contribution in [0.25, 0.3) is 0 Å². The second-order valence-corrected chi connectivity index (χ2v) is 26.8. The van der Waals surface area contributed by atoms with Crippen molar-refractivity contribution in [2.75, 3.05) is 31.0 Å². The van der Waals surface area contributed by atoms with E-state index in [1.165, 1.54) is 14.2 Å². The lowest BCUT2D eigenvalue weighted by Crippen LogP contribution is -2.37. The third-order valence-corrected chi connectivity index (χ3v) is 18.6. The molecule has 0 radical (unpaired) electrons. The molecule has 0 spiro atoms. The van der Waals surface area contributed by atoms with Crippen LogP contribution in [0.5, 0.6) is 5.75 Å². The summed E-state index contributed by atoms with van der Waals surface area (Å²) in [6.07, 6.45) is 17.0. The molecule has 1 atom stereocenters. The molecule has 2 aliphatic heterocycles. The van der Waals surface area contributed by atoms with Gasteiger partial charge in [0.25, 0.3) is 5.91 Å². The summed E-state index contributed by atoms with van der Waals surface area (Å²) in [6.45, 7) is 1.45. The van der Waals surface area contributed by atoms with Crippen LogP contribution in [0.1, 0.15) is 173 Å². The minimum absolute atomic E-state index is 0. The number of esters is 2. The van der Waals surface area contributed by atoms with Crippen LogP contribution in [-0.4, -0.2) is 155 Å². The van der Waals surface area contributed by atoms with Crippen molar-refractivity contribution in [3.05, 3.63) is 224 Å². The van der Waals surface area contributed by atoms with Crippen molar-refractivity contribution in [3.63, 3.8) is 0 Å². The van der Waals surface area contributed by atoms with Crippen LogP contribution in [0.3, 0.4) is 0 Å². The van der Waals surface area contributed by atoms with Crippen LogP contribution in [0.2, 0.25) is 6.82 Å². The Morgan fingerprint density at radius 2 is 0.954 bits per heavy atom. The first-order valence-electron chi connectivity index (χ1n) is 34.2. The molecule has 0 bridgehead atoms. The number of fused-ring (bicyclic) bond motifs is 4. The number of benzene rings is 2. The Morgan fingerprint density at radius 1 is 0.528 bits per heavy atom. The zero-order valence-corrected chi connectivity index (χ0v) is 60.8. The number of carbonyl (C=O) groups is 10. The second-order valence-electron chi connectivity index (χ2n) is 26.8. The Kier molecular flexibility index (Phi) is 25.2. The highest BCUT2D eigenvalue weighted by molar-refractivity contribution is 6.52. The number of nitrogens with zero attached hydrogens (tertiary/aromatic N) is 12. The molecular weight excluding hydrogens is 1380 g/mol. The van der Waals surface area contributed by atoms with E-state index in [0.717, 1.165) is 11.3 Å². The Labute approximate surface area is 625 Å². The number of aromatic nitrogens is 10. The maximum atomic E-state index is 13.7. The highest BCUT2D eigenvalue weighted by Gasteiger charge is 2.37. The first-order valence-corrected chi connectivity index (χ1v) is 34.2. The van der Waals surface area contributed by atoms with Gasteiger partial charge in [0.1, 0.15) is 22.9 Å². The molecule has 0 saturated heterocycles. The Morgan fingerprint density at radius 3 is 1.43 bits per heavy atom. The minimum atomic E-state index is -0.756. The summed E-state index contributed by atoms with van der Waals surface area (Å²) in [4.78, 5) is 145. The third kappa shape index (κ3) is 17.9. The second kappa shape index (κ2) is 34.0. The minimum Gasteiger partial charge on any atom is -0.493 e. The number of anilines is 2. The van der Waals surface area contributed by atoms with Crippen LogP contribution < -0.4 is 14.9 Å². The van der Waals surface area contributed by atoms with Crippen molar-refractivity contribution in [1.29, 1.82) is 0 Å². The summed E-state index contributed by atoms with van der Waals surface area (Å²) in [6, 6.07) is 20.9. The number of aryl methyl sites for hydroxylation is 8. The van der Waals surface area contributed by atoms with Crippen molar-refractivity contribution in [3.8, 4) is 5.75 Å². The fourth-order valence-electron chi connectivity index (χ4n) is 13.6. The normalized spacial score (nSPS) is 12.5. The van der Waals surface area contributed by atoms with Crippen LogP contribution in [-0.2, 0) is 129 Å². The molecular formula is C79H90BN13O15. The standard InChI is InChI=1S/C49H49N7O9.C28H33BN6O6.2CH4/c1-52-24-29(13-36(58)10-8-12-65-46-22-38-37(20-33(46)28-57)48(62)56-35(23-50-38)19-32-9-6-7-11-39(32)56)14-41(52)44(60)21-34-27-55(4)47(51-34)45(61)18-30-15-40(53(2)25-30)43(59)17-31-16-42(49(63)64-5)54(3)26-31;1-29(40)31-20-11-22(34(4)16-20)25(37)12-19-15-35(5)27(30-19)26(38)10-17-7-21(32(2)13-17)24(36)9-18-8-23(28(39)41-6)33(3)14-18;;/h6-7,9,11,14-16,20,22-27,35,57H,8,10,12-13,17-19,21,28H2,1-5H3;7-8,11,13-16,31,40H,9-10,12H2,1-6H3;2*1H4. The SMILES string of the molecule is C.C.COC(=O)c1cc(CC(=O)c2cc(CC(=O)c3nc(CC(=O)c4cc(CC(=O)CCCOc5cc6c(cc5CO)C(=O)N5c7ccccc7CC5C=N6)cn4C)cn3C)cn2C)cn1C.COC(=O)c1cc(CC(=O)c2cc(CC(=O)c3nc(CC(=O)c4cc(NB(C)O)cn4C)cn3C)cn2C)cn1C. The number of ketones is 7. The molecule has 0 saturated carbocycles. The summed E-state index contributed by atoms with van der Waals surface area (Å²) in [5.74, 6) is -1.66. The largest absolute Gasteiger partial charge is 0.493 e. The zero-order valence-electron chi connectivity index (χ0n) is 60.8. The smallest absolute Gasteiger partial charge is 0.406 e. The van der Waals surface area contributed by atoms with Crippen LogP contribution in [0, 0.1) is 0 Å². The van der Waals surface area contributed by atoms with Crippen molar-refractivity contribution in [1.82, 2.24) is 46.5 Å². The molecule has 1 unspecified atom stereocenters. The summed E-state index contributed by atoms with van der Waals surface area (Å²) < 4.78 is 28.7. The monoisotopic (exact) mass is 1470 g/mol. The number of para-hydroxylation sites is 1. The van der Waals surface area contributed by atoms with Gasteiger partial charge in [-0.2, -0.15) is 0 Å². The van der Waals surface area contributed by atoms with E-state index in [4.69, 9.17) is 14.2 Å². The van der Waals surface area contributed by atoms with Gasteiger partial charge in [0.15, 0.2) is 34.8 Å². The molecule has 2 aliphatic rings. The number of hydrogen-bond acceptors (Lipinski definition) is 19. The van der Waals surface area contributed by atoms with Gasteiger partial charge in [-0.1, -0.05) is 33.1 Å². The van der Waals surface area contributed by atoms with E-state index >= 15 is 0 Å². The molecule has 8 aromatic heterocycles. The van der Waals surface area contributed by atoms with E-state index in [1.54, 1.807) is 209 Å². The quantitative estimate of drug-likeness (QED) is 0.0164. The lowest BCUT2D eigenvalue weighted by atomic mass is 9.89. The van der Waals surface area contributed by atoms with E-state index < -0.39 is 19.0 Å². The van der Waals surface area contributed by atoms with E-state index in [0.29, 0.717) is 114 Å². The fraction of sp³-hybridized carbons (Fsp3) is 0.329. The number of hydrogen-bond donors (Lipinski definition) is 3. The summed E-state index contributed by atoms with van der Waals surface area (Å²) in [5, 5.41) is 22.6. The number of Topliss-reactive ketones (excluding diaryl/α,β-unsaturated/α-hetero) is 7. The van der Waals surface area contributed by atoms with E-state index in [1.807, 2.05) is 24.3 Å². The molecule has 29 heteroatoms. The molecule has 0 aliphatic carbocycles. The number of ether oxygens (including phenoxy) is 3.